The van der Waals surface area contributed by atoms with E-state index in [1.807, 2.05) is 0 Å². The highest BCUT2D eigenvalue weighted by Crippen LogP contribution is 2.15. The van der Waals surface area contributed by atoms with Crippen LogP contribution in [0.3, 0.4) is 0 Å². The summed E-state index contributed by atoms with van der Waals surface area (Å²) in [4.78, 5) is 13.1. The Bertz CT molecular complexity index is 416. The normalized spacial score (nSPS) is 12.9. The Morgan fingerprint density at radius 2 is 2.39 bits per heavy atom. The number of carbonyl (C=O) groups is 1. The van der Waals surface area contributed by atoms with Crippen molar-refractivity contribution in [2.45, 2.75) is 6.10 Å². The molecule has 1 N–H and O–H groups in total. The smallest absolute Gasteiger partial charge is 0.246 e. The van der Waals surface area contributed by atoms with Gasteiger partial charge in [-0.15, -0.1) is 0 Å². The maximum atomic E-state index is 11.7. The molecule has 1 amide bonds. The number of halogens is 1. The first-order valence-corrected chi connectivity index (χ1v) is 6.17. The molecule has 100 valence electrons. The van der Waals surface area contributed by atoms with E-state index in [9.17, 15) is 9.90 Å². The van der Waals surface area contributed by atoms with Crippen molar-refractivity contribution in [2.24, 2.45) is 0 Å². The number of hydrogen-bond acceptors (Lipinski definition) is 4. The second-order valence-electron chi connectivity index (χ2n) is 3.80. The van der Waals surface area contributed by atoms with E-state index in [4.69, 9.17) is 9.15 Å². The largest absolute Gasteiger partial charge is 0.450 e. The summed E-state index contributed by atoms with van der Waals surface area (Å²) in [6.07, 6.45) is 2.28. The van der Waals surface area contributed by atoms with Gasteiger partial charge in [-0.1, -0.05) is 0 Å². The van der Waals surface area contributed by atoms with E-state index in [2.05, 4.69) is 15.9 Å². The van der Waals surface area contributed by atoms with Crippen molar-refractivity contribution in [1.29, 1.82) is 0 Å². The number of likely N-dealkylation sites (N-methyl/N-ethyl adjacent to an activating group) is 1. The molecule has 0 spiro atoms. The Kier molecular flexibility index (Phi) is 6.11. The SMILES string of the molecule is COCC(O)CN(C)C(=O)/C=C/c1ccc(Br)o1. The second-order valence-corrected chi connectivity index (χ2v) is 4.58. The zero-order valence-electron chi connectivity index (χ0n) is 10.3. The topological polar surface area (TPSA) is 62.9 Å². The van der Waals surface area contributed by atoms with Gasteiger partial charge in [-0.25, -0.2) is 0 Å². The van der Waals surface area contributed by atoms with Crippen LogP contribution in [0.1, 0.15) is 5.76 Å². The lowest BCUT2D eigenvalue weighted by atomic mass is 10.3. The molecule has 1 aromatic heterocycles. The summed E-state index contributed by atoms with van der Waals surface area (Å²) < 4.78 is 10.6. The van der Waals surface area contributed by atoms with E-state index in [0.29, 0.717) is 10.4 Å². The maximum Gasteiger partial charge on any atom is 0.246 e. The number of aliphatic hydroxyl groups excluding tert-OH is 1. The van der Waals surface area contributed by atoms with E-state index >= 15 is 0 Å². The molecule has 0 aliphatic heterocycles. The third-order valence-corrected chi connectivity index (χ3v) is 2.63. The summed E-state index contributed by atoms with van der Waals surface area (Å²) in [5, 5.41) is 9.49. The van der Waals surface area contributed by atoms with Crippen LogP contribution in [-0.4, -0.2) is 49.3 Å². The second kappa shape index (κ2) is 7.35. The van der Waals surface area contributed by atoms with Gasteiger partial charge in [0.1, 0.15) is 5.76 Å². The molecule has 0 aliphatic carbocycles. The van der Waals surface area contributed by atoms with Gasteiger partial charge in [0.05, 0.1) is 12.7 Å². The van der Waals surface area contributed by atoms with E-state index in [1.54, 1.807) is 25.3 Å². The van der Waals surface area contributed by atoms with Gasteiger partial charge in [-0.05, 0) is 34.1 Å². The molecule has 0 saturated carbocycles. The number of hydrogen-bond donors (Lipinski definition) is 1. The zero-order chi connectivity index (χ0) is 13.5. The average molecular weight is 318 g/mol. The van der Waals surface area contributed by atoms with Gasteiger partial charge in [-0.2, -0.15) is 0 Å². The Labute approximate surface area is 114 Å². The molecule has 1 unspecified atom stereocenters. The highest BCUT2D eigenvalue weighted by Gasteiger charge is 2.11. The van der Waals surface area contributed by atoms with Crippen molar-refractivity contribution in [3.63, 3.8) is 0 Å². The fourth-order valence-corrected chi connectivity index (χ4v) is 1.67. The lowest BCUT2D eigenvalue weighted by molar-refractivity contribution is -0.126. The zero-order valence-corrected chi connectivity index (χ0v) is 11.9. The van der Waals surface area contributed by atoms with Gasteiger partial charge >= 0.3 is 0 Å². The summed E-state index contributed by atoms with van der Waals surface area (Å²) in [7, 11) is 3.11. The number of rotatable bonds is 6. The maximum absolute atomic E-state index is 11.7. The summed E-state index contributed by atoms with van der Waals surface area (Å²) in [5.41, 5.74) is 0. The Balaban J connectivity index is 2.46. The molecule has 1 heterocycles. The van der Waals surface area contributed by atoms with E-state index in [0.717, 1.165) is 0 Å². The number of carbonyl (C=O) groups excluding carboxylic acids is 1. The number of furan rings is 1. The summed E-state index contributed by atoms with van der Waals surface area (Å²) in [6, 6.07) is 3.49. The summed E-state index contributed by atoms with van der Waals surface area (Å²) >= 11 is 3.18. The quantitative estimate of drug-likeness (QED) is 0.808. The van der Waals surface area contributed by atoms with Crippen LogP contribution < -0.4 is 0 Å². The minimum atomic E-state index is -0.685. The first kappa shape index (κ1) is 14.9. The van der Waals surface area contributed by atoms with E-state index in [1.165, 1.54) is 18.1 Å². The van der Waals surface area contributed by atoms with Crippen LogP contribution in [0.25, 0.3) is 6.08 Å². The molecule has 0 fully saturated rings. The molecule has 0 aliphatic rings. The number of amides is 1. The van der Waals surface area contributed by atoms with Gasteiger partial charge in [0.15, 0.2) is 4.67 Å². The Morgan fingerprint density at radius 3 is 2.94 bits per heavy atom. The molecule has 1 rings (SSSR count). The standard InChI is InChI=1S/C12H16BrNO4/c1-14(7-9(15)8-17-2)12(16)6-4-10-3-5-11(13)18-10/h3-6,9,15H,7-8H2,1-2H3/b6-4+. The van der Waals surface area contributed by atoms with E-state index < -0.39 is 6.10 Å². The molecular formula is C12H16BrNO4. The van der Waals surface area contributed by atoms with Crippen LogP contribution in [0.15, 0.2) is 27.3 Å². The first-order chi connectivity index (χ1) is 8.52. The fraction of sp³-hybridized carbons (Fsp3) is 0.417. The molecule has 1 aromatic rings. The van der Waals surface area contributed by atoms with Crippen LogP contribution in [-0.2, 0) is 9.53 Å². The van der Waals surface area contributed by atoms with Gasteiger partial charge in [0, 0.05) is 26.8 Å². The van der Waals surface area contributed by atoms with Gasteiger partial charge in [0.2, 0.25) is 5.91 Å². The molecule has 1 atom stereocenters. The van der Waals surface area contributed by atoms with Crippen molar-refractivity contribution in [3.8, 4) is 0 Å². The predicted octanol–water partition coefficient (Wildman–Crippen LogP) is 1.52. The Hall–Kier alpha value is -1.11. The summed E-state index contributed by atoms with van der Waals surface area (Å²) in [5.74, 6) is 0.374. The Morgan fingerprint density at radius 1 is 1.67 bits per heavy atom. The molecular weight excluding hydrogens is 302 g/mol. The van der Waals surface area contributed by atoms with Crippen molar-refractivity contribution < 1.29 is 19.1 Å². The van der Waals surface area contributed by atoms with Crippen LogP contribution in [0.5, 0.6) is 0 Å². The molecule has 18 heavy (non-hydrogen) atoms. The van der Waals surface area contributed by atoms with Crippen LogP contribution in [0.2, 0.25) is 0 Å². The third-order valence-electron chi connectivity index (χ3n) is 2.20. The lowest BCUT2D eigenvalue weighted by Crippen LogP contribution is -2.35. The van der Waals surface area contributed by atoms with Gasteiger partial charge < -0.3 is 19.2 Å². The van der Waals surface area contributed by atoms with Crippen molar-refractivity contribution >= 4 is 27.9 Å². The third kappa shape index (κ3) is 5.03. The van der Waals surface area contributed by atoms with Crippen LogP contribution >= 0.6 is 15.9 Å². The predicted molar refractivity (Wildman–Crippen MR) is 71.0 cm³/mol. The molecule has 0 saturated heterocycles. The highest BCUT2D eigenvalue weighted by atomic mass is 79.9. The monoisotopic (exact) mass is 317 g/mol. The number of methoxy groups -OCH3 is 1. The molecule has 6 heteroatoms. The van der Waals surface area contributed by atoms with Crippen molar-refractivity contribution in [1.82, 2.24) is 4.90 Å². The van der Waals surface area contributed by atoms with Crippen molar-refractivity contribution in [2.75, 3.05) is 27.3 Å². The number of ether oxygens (including phenoxy) is 1. The van der Waals surface area contributed by atoms with E-state index in [-0.39, 0.29) is 19.1 Å². The number of nitrogens with zero attached hydrogens (tertiary/aromatic N) is 1. The fourth-order valence-electron chi connectivity index (χ4n) is 1.35. The van der Waals surface area contributed by atoms with Gasteiger partial charge in [-0.3, -0.25) is 4.79 Å². The molecule has 0 radical (unpaired) electrons. The average Bonchev–Trinajstić information content (AvgIpc) is 2.72. The minimum Gasteiger partial charge on any atom is -0.450 e. The van der Waals surface area contributed by atoms with Crippen LogP contribution in [0.4, 0.5) is 0 Å². The first-order valence-electron chi connectivity index (χ1n) is 5.38. The number of aliphatic hydroxyl groups is 1. The lowest BCUT2D eigenvalue weighted by Gasteiger charge is -2.18. The van der Waals surface area contributed by atoms with Crippen molar-refractivity contribution in [3.05, 3.63) is 28.6 Å². The summed E-state index contributed by atoms with van der Waals surface area (Å²) in [6.45, 7) is 0.422. The molecule has 0 aromatic carbocycles. The molecule has 5 nitrogen and oxygen atoms in total. The van der Waals surface area contributed by atoms with Gasteiger partial charge in [0.25, 0.3) is 0 Å². The minimum absolute atomic E-state index is 0.201. The highest BCUT2D eigenvalue weighted by molar-refractivity contribution is 9.10. The molecule has 0 bridgehead atoms. The van der Waals surface area contributed by atoms with Crippen LogP contribution in [0, 0.1) is 0 Å².